The predicted molar refractivity (Wildman–Crippen MR) is 106 cm³/mol. The molecule has 2 atom stereocenters. The quantitative estimate of drug-likeness (QED) is 0.721. The second kappa shape index (κ2) is 8.84. The van der Waals surface area contributed by atoms with Crippen LogP contribution in [0.5, 0.6) is 0 Å². The maximum Gasteiger partial charge on any atom is 0.243 e. The maximum absolute atomic E-state index is 13.3. The minimum atomic E-state index is -3.70. The first-order valence-corrected chi connectivity index (χ1v) is 11.0. The van der Waals surface area contributed by atoms with E-state index in [-0.39, 0.29) is 35.6 Å². The number of nitrogens with zero attached hydrogens (tertiary/aromatic N) is 1. The van der Waals surface area contributed by atoms with Crippen LogP contribution in [-0.4, -0.2) is 38.3 Å². The van der Waals surface area contributed by atoms with Crippen LogP contribution in [0.3, 0.4) is 0 Å². The van der Waals surface area contributed by atoms with Crippen LogP contribution in [0.15, 0.2) is 59.5 Å². The van der Waals surface area contributed by atoms with Gasteiger partial charge < -0.3 is 5.32 Å². The van der Waals surface area contributed by atoms with Gasteiger partial charge in [0.05, 0.1) is 10.8 Å². The Hall–Kier alpha value is -2.25. The molecule has 1 heterocycles. The highest BCUT2D eigenvalue weighted by atomic mass is 32.2. The molecule has 0 saturated carbocycles. The first kappa shape index (κ1) is 20.5. The summed E-state index contributed by atoms with van der Waals surface area (Å²) in [6.07, 6.45) is 1.83. The Morgan fingerprint density at radius 1 is 1.11 bits per heavy atom. The minimum Gasteiger partial charge on any atom is -0.356 e. The fraction of sp³-hybridized carbons (Fsp3) is 0.381. The zero-order valence-corrected chi connectivity index (χ0v) is 16.7. The predicted octanol–water partition coefficient (Wildman–Crippen LogP) is 3.15. The number of hydrogen-bond donors (Lipinski definition) is 1. The van der Waals surface area contributed by atoms with Gasteiger partial charge in [-0.15, -0.1) is 0 Å². The summed E-state index contributed by atoms with van der Waals surface area (Å²) in [5.41, 5.74) is 0.766. The molecule has 1 N–H and O–H groups in total. The fourth-order valence-electron chi connectivity index (χ4n) is 3.54. The molecule has 0 aromatic heterocycles. The third-order valence-corrected chi connectivity index (χ3v) is 6.98. The second-order valence-electron chi connectivity index (χ2n) is 7.04. The molecular weight excluding hydrogens is 379 g/mol. The van der Waals surface area contributed by atoms with Gasteiger partial charge in [0.1, 0.15) is 5.82 Å². The van der Waals surface area contributed by atoms with Crippen molar-refractivity contribution >= 4 is 15.9 Å². The Kier molecular flexibility index (Phi) is 6.46. The van der Waals surface area contributed by atoms with Crippen LogP contribution < -0.4 is 5.32 Å². The molecule has 1 aliphatic rings. The molecule has 0 bridgehead atoms. The third-order valence-electron chi connectivity index (χ3n) is 5.13. The lowest BCUT2D eigenvalue weighted by Gasteiger charge is -2.18. The molecule has 1 fully saturated rings. The summed E-state index contributed by atoms with van der Waals surface area (Å²) in [4.78, 5) is 13.0. The van der Waals surface area contributed by atoms with Crippen LogP contribution in [-0.2, 0) is 14.8 Å². The summed E-state index contributed by atoms with van der Waals surface area (Å²) < 4.78 is 40.8. The van der Waals surface area contributed by atoms with Gasteiger partial charge in [-0.1, -0.05) is 43.7 Å². The smallest absolute Gasteiger partial charge is 0.243 e. The molecule has 0 spiro atoms. The Balaban J connectivity index is 1.87. The number of carbonyl (C=O) groups is 1. The minimum absolute atomic E-state index is 0.108. The van der Waals surface area contributed by atoms with E-state index in [0.717, 1.165) is 18.4 Å². The Morgan fingerprint density at radius 2 is 1.79 bits per heavy atom. The lowest BCUT2D eigenvalue weighted by atomic mass is 9.88. The second-order valence-corrected chi connectivity index (χ2v) is 8.98. The summed E-state index contributed by atoms with van der Waals surface area (Å²) in [6.45, 7) is 2.90. The van der Waals surface area contributed by atoms with Crippen molar-refractivity contribution in [2.45, 2.75) is 30.6 Å². The average molecular weight is 405 g/mol. The van der Waals surface area contributed by atoms with Gasteiger partial charge in [-0.2, -0.15) is 4.31 Å². The summed E-state index contributed by atoms with van der Waals surface area (Å²) in [5.74, 6) is -1.35. The van der Waals surface area contributed by atoms with Gasteiger partial charge in [0.25, 0.3) is 0 Å². The van der Waals surface area contributed by atoms with Crippen molar-refractivity contribution in [2.75, 3.05) is 19.6 Å². The Labute approximate surface area is 165 Å². The van der Waals surface area contributed by atoms with E-state index in [1.807, 2.05) is 6.92 Å². The van der Waals surface area contributed by atoms with E-state index in [2.05, 4.69) is 5.32 Å². The van der Waals surface area contributed by atoms with E-state index in [1.54, 1.807) is 42.5 Å². The number of nitrogens with one attached hydrogen (secondary N) is 1. The van der Waals surface area contributed by atoms with Crippen LogP contribution in [0.1, 0.15) is 31.2 Å². The first-order valence-electron chi connectivity index (χ1n) is 9.52. The van der Waals surface area contributed by atoms with Crippen molar-refractivity contribution in [1.29, 1.82) is 0 Å². The maximum atomic E-state index is 13.3. The van der Waals surface area contributed by atoms with Crippen LogP contribution in [0.2, 0.25) is 0 Å². The Morgan fingerprint density at radius 3 is 2.43 bits per heavy atom. The van der Waals surface area contributed by atoms with Gasteiger partial charge in [0.2, 0.25) is 15.9 Å². The summed E-state index contributed by atoms with van der Waals surface area (Å²) in [5, 5.41) is 2.91. The van der Waals surface area contributed by atoms with Crippen molar-refractivity contribution < 1.29 is 17.6 Å². The molecule has 7 heteroatoms. The molecule has 2 unspecified atom stereocenters. The largest absolute Gasteiger partial charge is 0.356 e. The topological polar surface area (TPSA) is 66.5 Å². The highest BCUT2D eigenvalue weighted by Gasteiger charge is 2.43. The monoisotopic (exact) mass is 404 g/mol. The molecule has 0 radical (unpaired) electrons. The van der Waals surface area contributed by atoms with E-state index in [9.17, 15) is 17.6 Å². The van der Waals surface area contributed by atoms with Gasteiger partial charge >= 0.3 is 0 Å². The third kappa shape index (κ3) is 4.42. The number of benzene rings is 2. The number of sulfonamides is 1. The molecule has 5 nitrogen and oxygen atoms in total. The van der Waals surface area contributed by atoms with Gasteiger partial charge in [-0.05, 0) is 36.2 Å². The molecule has 3 rings (SSSR count). The number of carbonyl (C=O) groups excluding carboxylic acids is 1. The van der Waals surface area contributed by atoms with Crippen LogP contribution in [0, 0.1) is 11.7 Å². The van der Waals surface area contributed by atoms with Gasteiger partial charge in [0.15, 0.2) is 0 Å². The molecule has 0 aliphatic carbocycles. The van der Waals surface area contributed by atoms with Crippen LogP contribution >= 0.6 is 0 Å². The normalized spacial score (nSPS) is 20.2. The summed E-state index contributed by atoms with van der Waals surface area (Å²) in [6, 6.07) is 14.2. The highest BCUT2D eigenvalue weighted by molar-refractivity contribution is 7.89. The molecule has 1 aliphatic heterocycles. The van der Waals surface area contributed by atoms with E-state index >= 15 is 0 Å². The fourth-order valence-corrected chi connectivity index (χ4v) is 5.05. The van der Waals surface area contributed by atoms with E-state index in [0.29, 0.717) is 6.54 Å². The zero-order valence-electron chi connectivity index (χ0n) is 15.8. The number of hydrogen-bond acceptors (Lipinski definition) is 3. The van der Waals surface area contributed by atoms with E-state index in [4.69, 9.17) is 0 Å². The van der Waals surface area contributed by atoms with Gasteiger partial charge in [0, 0.05) is 25.6 Å². The number of amides is 1. The zero-order chi connectivity index (χ0) is 20.1. The molecular formula is C21H25FN2O3S. The molecule has 150 valence electrons. The van der Waals surface area contributed by atoms with Crippen molar-refractivity contribution in [3.8, 4) is 0 Å². The molecule has 28 heavy (non-hydrogen) atoms. The van der Waals surface area contributed by atoms with Crippen molar-refractivity contribution in [3.63, 3.8) is 0 Å². The number of halogens is 1. The lowest BCUT2D eigenvalue weighted by molar-refractivity contribution is -0.124. The Bertz CT molecular complexity index is 901. The molecule has 2 aromatic rings. The molecule has 2 aromatic carbocycles. The van der Waals surface area contributed by atoms with Crippen molar-refractivity contribution in [2.24, 2.45) is 5.92 Å². The van der Waals surface area contributed by atoms with Crippen LogP contribution in [0.4, 0.5) is 4.39 Å². The number of rotatable bonds is 7. The SMILES string of the molecule is CCCCNC(=O)C1CN(S(=O)(=O)c2ccccc2)CC1c1ccc(F)cc1. The van der Waals surface area contributed by atoms with Crippen molar-refractivity contribution in [1.82, 2.24) is 9.62 Å². The van der Waals surface area contributed by atoms with Gasteiger partial charge in [-0.25, -0.2) is 12.8 Å². The van der Waals surface area contributed by atoms with Crippen LogP contribution in [0.25, 0.3) is 0 Å². The lowest BCUT2D eigenvalue weighted by Crippen LogP contribution is -2.36. The first-order chi connectivity index (χ1) is 13.4. The summed E-state index contributed by atoms with van der Waals surface area (Å²) in [7, 11) is -3.70. The van der Waals surface area contributed by atoms with Gasteiger partial charge in [-0.3, -0.25) is 4.79 Å². The van der Waals surface area contributed by atoms with E-state index < -0.39 is 15.9 Å². The summed E-state index contributed by atoms with van der Waals surface area (Å²) >= 11 is 0. The van der Waals surface area contributed by atoms with Crippen molar-refractivity contribution in [3.05, 3.63) is 66.0 Å². The standard InChI is InChI=1S/C21H25FN2O3S/c1-2-3-13-23-21(25)20-15-24(28(26,27)18-7-5-4-6-8-18)14-19(20)16-9-11-17(22)12-10-16/h4-12,19-20H,2-3,13-15H2,1H3,(H,23,25). The number of unbranched alkanes of at least 4 members (excludes halogenated alkanes) is 1. The van der Waals surface area contributed by atoms with E-state index in [1.165, 1.54) is 16.4 Å². The molecule has 1 amide bonds. The average Bonchev–Trinajstić information content (AvgIpc) is 3.16. The highest BCUT2D eigenvalue weighted by Crippen LogP contribution is 2.36. The molecule has 1 saturated heterocycles.